The summed E-state index contributed by atoms with van der Waals surface area (Å²) in [6.45, 7) is 4.74. The van der Waals surface area contributed by atoms with Gasteiger partial charge in [-0.1, -0.05) is 12.2 Å². The third kappa shape index (κ3) is 3.08. The summed E-state index contributed by atoms with van der Waals surface area (Å²) in [5, 5.41) is 3.10. The van der Waals surface area contributed by atoms with Crippen LogP contribution < -0.4 is 15.1 Å². The molecule has 2 amide bonds. The molecular formula is C17H21N3O3S. The number of aryl methyl sites for hydroxylation is 1. The van der Waals surface area contributed by atoms with Crippen molar-refractivity contribution in [1.29, 1.82) is 0 Å². The van der Waals surface area contributed by atoms with Crippen molar-refractivity contribution in [3.63, 3.8) is 0 Å². The molecule has 2 heterocycles. The predicted octanol–water partition coefficient (Wildman–Crippen LogP) is 2.25. The van der Waals surface area contributed by atoms with Gasteiger partial charge in [0.15, 0.2) is 0 Å². The Kier molecular flexibility index (Phi) is 4.71. The first kappa shape index (κ1) is 16.7. The standard InChI is InChI=1S/C17H21N3O3S/c1-11-3-4-13-7-14(5-6-16(13)19(11)10-21)20-15(8-18-12(2)24)9-23-17(20)22/h5-7,10-11,15H,3-4,8-9H2,1-2H3,(H,18,24)/t11-,15?/m1/s1. The predicted molar refractivity (Wildman–Crippen MR) is 96.7 cm³/mol. The van der Waals surface area contributed by atoms with E-state index in [-0.39, 0.29) is 18.2 Å². The lowest BCUT2D eigenvalue weighted by Gasteiger charge is -2.33. The zero-order valence-corrected chi connectivity index (χ0v) is 14.6. The highest BCUT2D eigenvalue weighted by Crippen LogP contribution is 2.34. The van der Waals surface area contributed by atoms with Crippen LogP contribution in [0.3, 0.4) is 0 Å². The molecule has 1 aromatic carbocycles. The van der Waals surface area contributed by atoms with E-state index >= 15 is 0 Å². The van der Waals surface area contributed by atoms with Crippen molar-refractivity contribution in [2.75, 3.05) is 23.0 Å². The van der Waals surface area contributed by atoms with Crippen LogP contribution in [0.2, 0.25) is 0 Å². The van der Waals surface area contributed by atoms with Crippen molar-refractivity contribution in [2.24, 2.45) is 0 Å². The van der Waals surface area contributed by atoms with Gasteiger partial charge in [0, 0.05) is 24.0 Å². The van der Waals surface area contributed by atoms with Crippen molar-refractivity contribution in [3.05, 3.63) is 23.8 Å². The van der Waals surface area contributed by atoms with Gasteiger partial charge in [-0.15, -0.1) is 0 Å². The van der Waals surface area contributed by atoms with Gasteiger partial charge in [-0.25, -0.2) is 4.79 Å². The van der Waals surface area contributed by atoms with Gasteiger partial charge in [0.1, 0.15) is 6.61 Å². The lowest BCUT2D eigenvalue weighted by Crippen LogP contribution is -2.42. The maximum Gasteiger partial charge on any atom is 0.414 e. The van der Waals surface area contributed by atoms with Gasteiger partial charge in [0.25, 0.3) is 0 Å². The monoisotopic (exact) mass is 347 g/mol. The molecule has 0 radical (unpaired) electrons. The van der Waals surface area contributed by atoms with Crippen molar-refractivity contribution in [2.45, 2.75) is 38.8 Å². The highest BCUT2D eigenvalue weighted by Gasteiger charge is 2.35. The number of thiocarbonyl (C=S) groups is 1. The second-order valence-electron chi connectivity index (χ2n) is 6.25. The number of fused-ring (bicyclic) bond motifs is 1. The first-order valence-corrected chi connectivity index (χ1v) is 8.49. The summed E-state index contributed by atoms with van der Waals surface area (Å²) in [4.78, 5) is 27.6. The molecule has 7 heteroatoms. The fraction of sp³-hybridized carbons (Fsp3) is 0.471. The number of ether oxygens (including phenoxy) is 1. The van der Waals surface area contributed by atoms with Crippen LogP contribution in [0, 0.1) is 0 Å². The smallest absolute Gasteiger partial charge is 0.414 e. The zero-order chi connectivity index (χ0) is 17.3. The molecule has 0 spiro atoms. The normalized spacial score (nSPS) is 22.8. The van der Waals surface area contributed by atoms with Crippen LogP contribution in [0.25, 0.3) is 0 Å². The molecule has 1 unspecified atom stereocenters. The van der Waals surface area contributed by atoms with Gasteiger partial charge in [0.2, 0.25) is 6.41 Å². The minimum atomic E-state index is -0.347. The van der Waals surface area contributed by atoms with Crippen molar-refractivity contribution in [1.82, 2.24) is 5.32 Å². The van der Waals surface area contributed by atoms with Crippen molar-refractivity contribution >= 4 is 41.1 Å². The van der Waals surface area contributed by atoms with Gasteiger partial charge >= 0.3 is 6.09 Å². The van der Waals surface area contributed by atoms with Crippen LogP contribution >= 0.6 is 12.2 Å². The van der Waals surface area contributed by atoms with E-state index in [2.05, 4.69) is 5.32 Å². The van der Waals surface area contributed by atoms with Crippen molar-refractivity contribution in [3.8, 4) is 0 Å². The Morgan fingerprint density at radius 2 is 2.29 bits per heavy atom. The summed E-state index contributed by atoms with van der Waals surface area (Å²) in [6, 6.07) is 5.87. The summed E-state index contributed by atoms with van der Waals surface area (Å²) < 4.78 is 5.21. The SMILES string of the molecule is CC(=S)NCC1COC(=O)N1c1ccc2c(c1)CC[C@@H](C)N2C=O. The van der Waals surface area contributed by atoms with Crippen LogP contribution in [-0.4, -0.2) is 42.7 Å². The van der Waals surface area contributed by atoms with Gasteiger partial charge < -0.3 is 15.0 Å². The molecule has 1 N–H and O–H groups in total. The Morgan fingerprint density at radius 3 is 3.00 bits per heavy atom. The Labute approximate surface area is 146 Å². The van der Waals surface area contributed by atoms with Crippen LogP contribution in [-0.2, 0) is 16.0 Å². The number of anilines is 2. The second kappa shape index (κ2) is 6.76. The van der Waals surface area contributed by atoms with Crippen LogP contribution in [0.5, 0.6) is 0 Å². The van der Waals surface area contributed by atoms with Crippen molar-refractivity contribution < 1.29 is 14.3 Å². The lowest BCUT2D eigenvalue weighted by atomic mass is 9.96. The highest BCUT2D eigenvalue weighted by atomic mass is 32.1. The molecule has 24 heavy (non-hydrogen) atoms. The maximum absolute atomic E-state index is 12.1. The summed E-state index contributed by atoms with van der Waals surface area (Å²) in [6.07, 6.45) is 2.33. The molecule has 2 aliphatic heterocycles. The second-order valence-corrected chi connectivity index (χ2v) is 6.86. The molecule has 0 aromatic heterocycles. The minimum absolute atomic E-state index is 0.0989. The average Bonchev–Trinajstić information content (AvgIpc) is 2.93. The van der Waals surface area contributed by atoms with E-state index in [1.54, 1.807) is 9.80 Å². The van der Waals surface area contributed by atoms with E-state index in [4.69, 9.17) is 17.0 Å². The number of hydrogen-bond acceptors (Lipinski definition) is 4. The number of benzene rings is 1. The van der Waals surface area contributed by atoms with Crippen LogP contribution in [0.4, 0.5) is 16.2 Å². The van der Waals surface area contributed by atoms with E-state index in [1.165, 1.54) is 0 Å². The molecule has 0 aliphatic carbocycles. The van der Waals surface area contributed by atoms with Gasteiger partial charge in [0.05, 0.1) is 11.0 Å². The first-order valence-electron chi connectivity index (χ1n) is 8.08. The number of nitrogens with zero attached hydrogens (tertiary/aromatic N) is 2. The van der Waals surface area contributed by atoms with E-state index < -0.39 is 0 Å². The summed E-state index contributed by atoms with van der Waals surface area (Å²) in [5.74, 6) is 0. The third-order valence-corrected chi connectivity index (χ3v) is 4.73. The van der Waals surface area contributed by atoms with E-state index in [1.807, 2.05) is 32.0 Å². The molecule has 1 fully saturated rings. The molecule has 2 atom stereocenters. The topological polar surface area (TPSA) is 61.9 Å². The summed E-state index contributed by atoms with van der Waals surface area (Å²) in [5.41, 5.74) is 2.80. The Morgan fingerprint density at radius 1 is 1.50 bits per heavy atom. The molecule has 6 nitrogen and oxygen atoms in total. The quantitative estimate of drug-likeness (QED) is 0.669. The van der Waals surface area contributed by atoms with Gasteiger partial charge in [-0.05, 0) is 50.5 Å². The molecule has 0 saturated carbocycles. The molecule has 1 saturated heterocycles. The fourth-order valence-corrected chi connectivity index (χ4v) is 3.35. The number of carbonyl (C=O) groups excluding carboxylic acids is 2. The number of nitrogens with one attached hydrogen (secondary N) is 1. The van der Waals surface area contributed by atoms with Crippen LogP contribution in [0.1, 0.15) is 25.8 Å². The van der Waals surface area contributed by atoms with Gasteiger partial charge in [-0.2, -0.15) is 0 Å². The zero-order valence-electron chi connectivity index (χ0n) is 13.8. The molecule has 128 valence electrons. The number of carbonyl (C=O) groups is 2. The Hall–Kier alpha value is -2.15. The first-order chi connectivity index (χ1) is 11.5. The number of cyclic esters (lactones) is 1. The Bertz CT molecular complexity index is 679. The highest BCUT2D eigenvalue weighted by molar-refractivity contribution is 7.80. The minimum Gasteiger partial charge on any atom is -0.447 e. The lowest BCUT2D eigenvalue weighted by molar-refractivity contribution is -0.107. The Balaban J connectivity index is 1.87. The van der Waals surface area contributed by atoms with Crippen LogP contribution in [0.15, 0.2) is 18.2 Å². The number of rotatable bonds is 4. The largest absolute Gasteiger partial charge is 0.447 e. The molecule has 3 rings (SSSR count). The number of hydrogen-bond donors (Lipinski definition) is 1. The van der Waals surface area contributed by atoms with E-state index in [9.17, 15) is 9.59 Å². The third-order valence-electron chi connectivity index (χ3n) is 4.59. The molecule has 2 aliphatic rings. The molecule has 1 aromatic rings. The van der Waals surface area contributed by atoms with E-state index in [0.29, 0.717) is 18.1 Å². The summed E-state index contributed by atoms with van der Waals surface area (Å²) in [7, 11) is 0. The summed E-state index contributed by atoms with van der Waals surface area (Å²) >= 11 is 5.04. The van der Waals surface area contributed by atoms with E-state index in [0.717, 1.165) is 36.2 Å². The molecular weight excluding hydrogens is 326 g/mol. The average molecular weight is 347 g/mol. The molecule has 0 bridgehead atoms. The number of amides is 2. The fourth-order valence-electron chi connectivity index (χ4n) is 3.26. The van der Waals surface area contributed by atoms with Gasteiger partial charge in [-0.3, -0.25) is 9.69 Å². The maximum atomic E-state index is 12.1.